The normalized spacial score (nSPS) is 15.4. The van der Waals surface area contributed by atoms with Crippen molar-refractivity contribution in [2.75, 3.05) is 5.73 Å². The number of rotatable bonds is 4. The number of hydrogen-bond acceptors (Lipinski definition) is 4. The van der Waals surface area contributed by atoms with E-state index in [2.05, 4.69) is 15.5 Å². The van der Waals surface area contributed by atoms with Crippen molar-refractivity contribution in [3.8, 4) is 11.4 Å². The first-order valence-corrected chi connectivity index (χ1v) is 6.87. The lowest BCUT2D eigenvalue weighted by molar-refractivity contribution is 0.277. The highest BCUT2D eigenvalue weighted by Gasteiger charge is 2.19. The van der Waals surface area contributed by atoms with Gasteiger partial charge in [0.05, 0.1) is 0 Å². The minimum Gasteiger partial charge on any atom is -0.398 e. The highest BCUT2D eigenvalue weighted by atomic mass is 15.5. The van der Waals surface area contributed by atoms with E-state index in [4.69, 9.17) is 5.73 Å². The Bertz CT molecular complexity index is 571. The lowest BCUT2D eigenvalue weighted by Gasteiger charge is -2.25. The lowest BCUT2D eigenvalue weighted by atomic mass is 9.83. The summed E-state index contributed by atoms with van der Waals surface area (Å²) in [5.41, 5.74) is 8.81. The number of aryl methyl sites for hydroxylation is 1. The zero-order valence-electron chi connectivity index (χ0n) is 11.2. The van der Waals surface area contributed by atoms with Crippen LogP contribution in [0, 0.1) is 12.8 Å². The third-order valence-corrected chi connectivity index (χ3v) is 4.12. The summed E-state index contributed by atoms with van der Waals surface area (Å²) in [4.78, 5) is 0. The molecule has 0 saturated heterocycles. The van der Waals surface area contributed by atoms with Crippen molar-refractivity contribution in [3.63, 3.8) is 0 Å². The minimum atomic E-state index is 0.783. The van der Waals surface area contributed by atoms with Gasteiger partial charge in [-0.2, -0.15) is 0 Å². The van der Waals surface area contributed by atoms with E-state index in [9.17, 15) is 0 Å². The third-order valence-electron chi connectivity index (χ3n) is 4.12. The molecule has 1 aromatic carbocycles. The van der Waals surface area contributed by atoms with Gasteiger partial charge in [0.25, 0.3) is 0 Å². The Morgan fingerprint density at radius 1 is 1.37 bits per heavy atom. The maximum absolute atomic E-state index is 5.95. The highest BCUT2D eigenvalue weighted by molar-refractivity contribution is 5.67. The van der Waals surface area contributed by atoms with Gasteiger partial charge in [-0.3, -0.25) is 0 Å². The molecule has 1 heterocycles. The fourth-order valence-electron chi connectivity index (χ4n) is 2.53. The zero-order chi connectivity index (χ0) is 13.2. The van der Waals surface area contributed by atoms with Gasteiger partial charge in [-0.15, -0.1) is 5.10 Å². The van der Waals surface area contributed by atoms with Crippen LogP contribution in [0.25, 0.3) is 11.4 Å². The van der Waals surface area contributed by atoms with Crippen molar-refractivity contribution in [3.05, 3.63) is 23.8 Å². The van der Waals surface area contributed by atoms with E-state index in [-0.39, 0.29) is 0 Å². The summed E-state index contributed by atoms with van der Waals surface area (Å²) in [6.07, 6.45) is 5.25. The standard InChI is InChI=1S/C14H19N5/c1-10-12(6-3-7-13(10)15)14-16-17-18-19(14)9-8-11-4-2-5-11/h3,6-7,11H,2,4-5,8-9,15H2,1H3. The Morgan fingerprint density at radius 3 is 2.95 bits per heavy atom. The molecule has 0 unspecified atom stereocenters. The molecule has 3 rings (SSSR count). The summed E-state index contributed by atoms with van der Waals surface area (Å²) < 4.78 is 1.90. The number of aromatic nitrogens is 4. The van der Waals surface area contributed by atoms with Crippen LogP contribution >= 0.6 is 0 Å². The summed E-state index contributed by atoms with van der Waals surface area (Å²) in [6.45, 7) is 2.90. The number of nitrogen functional groups attached to an aromatic ring is 1. The molecule has 0 spiro atoms. The molecule has 0 aliphatic heterocycles. The molecule has 0 radical (unpaired) electrons. The van der Waals surface area contributed by atoms with Crippen LogP contribution < -0.4 is 5.73 Å². The summed E-state index contributed by atoms with van der Waals surface area (Å²) in [6, 6.07) is 5.88. The van der Waals surface area contributed by atoms with Gasteiger partial charge >= 0.3 is 0 Å². The number of tetrazole rings is 1. The van der Waals surface area contributed by atoms with Gasteiger partial charge in [0.2, 0.25) is 0 Å². The van der Waals surface area contributed by atoms with E-state index >= 15 is 0 Å². The van der Waals surface area contributed by atoms with Gasteiger partial charge < -0.3 is 5.73 Å². The summed E-state index contributed by atoms with van der Waals surface area (Å²) in [5.74, 6) is 1.68. The fraction of sp³-hybridized carbons (Fsp3) is 0.500. The van der Waals surface area contributed by atoms with Crippen LogP contribution in [0.4, 0.5) is 5.69 Å². The molecule has 100 valence electrons. The van der Waals surface area contributed by atoms with E-state index in [1.54, 1.807) is 0 Å². The quantitative estimate of drug-likeness (QED) is 0.854. The van der Waals surface area contributed by atoms with Crippen molar-refractivity contribution in [2.45, 2.75) is 39.2 Å². The van der Waals surface area contributed by atoms with E-state index < -0.39 is 0 Å². The second-order valence-corrected chi connectivity index (χ2v) is 5.33. The van der Waals surface area contributed by atoms with Gasteiger partial charge in [0.1, 0.15) is 0 Å². The average molecular weight is 257 g/mol. The maximum atomic E-state index is 5.95. The summed E-state index contributed by atoms with van der Waals surface area (Å²) >= 11 is 0. The van der Waals surface area contributed by atoms with Crippen LogP contribution in [-0.4, -0.2) is 20.2 Å². The highest BCUT2D eigenvalue weighted by Crippen LogP contribution is 2.30. The van der Waals surface area contributed by atoms with Crippen molar-refractivity contribution in [1.29, 1.82) is 0 Å². The lowest BCUT2D eigenvalue weighted by Crippen LogP contribution is -2.15. The van der Waals surface area contributed by atoms with E-state index in [0.717, 1.165) is 35.1 Å². The Kier molecular flexibility index (Phi) is 3.19. The first kappa shape index (κ1) is 12.1. The fourth-order valence-corrected chi connectivity index (χ4v) is 2.53. The second kappa shape index (κ2) is 4.99. The molecule has 5 nitrogen and oxygen atoms in total. The molecule has 1 fully saturated rings. The van der Waals surface area contributed by atoms with Gasteiger partial charge in [-0.05, 0) is 41.3 Å². The number of hydrogen-bond donors (Lipinski definition) is 1. The molecule has 1 aliphatic carbocycles. The minimum absolute atomic E-state index is 0.783. The summed E-state index contributed by atoms with van der Waals surface area (Å²) in [7, 11) is 0. The monoisotopic (exact) mass is 257 g/mol. The topological polar surface area (TPSA) is 69.6 Å². The molecular weight excluding hydrogens is 238 g/mol. The molecule has 0 atom stereocenters. The van der Waals surface area contributed by atoms with Crippen LogP contribution in [-0.2, 0) is 6.54 Å². The first-order valence-electron chi connectivity index (χ1n) is 6.87. The molecule has 1 saturated carbocycles. The maximum Gasteiger partial charge on any atom is 0.182 e. The number of nitrogens with two attached hydrogens (primary N) is 1. The molecule has 0 bridgehead atoms. The Labute approximate surface area is 112 Å². The Hall–Kier alpha value is -1.91. The zero-order valence-corrected chi connectivity index (χ0v) is 11.2. The number of benzene rings is 1. The molecule has 0 amide bonds. The Morgan fingerprint density at radius 2 is 2.21 bits per heavy atom. The van der Waals surface area contributed by atoms with Gasteiger partial charge in [-0.25, -0.2) is 4.68 Å². The smallest absolute Gasteiger partial charge is 0.182 e. The van der Waals surface area contributed by atoms with Gasteiger partial charge in [-0.1, -0.05) is 31.4 Å². The van der Waals surface area contributed by atoms with Crippen molar-refractivity contribution < 1.29 is 0 Å². The molecule has 1 aromatic heterocycles. The van der Waals surface area contributed by atoms with Crippen molar-refractivity contribution >= 4 is 5.69 Å². The van der Waals surface area contributed by atoms with Crippen LogP contribution in [0.2, 0.25) is 0 Å². The second-order valence-electron chi connectivity index (χ2n) is 5.33. The van der Waals surface area contributed by atoms with Crippen LogP contribution in [0.15, 0.2) is 18.2 Å². The SMILES string of the molecule is Cc1c(N)cccc1-c1nnnn1CCC1CCC1. The van der Waals surface area contributed by atoms with Gasteiger partial charge in [0.15, 0.2) is 5.82 Å². The Balaban J connectivity index is 1.84. The molecule has 2 N–H and O–H groups in total. The third kappa shape index (κ3) is 2.32. The van der Waals surface area contributed by atoms with Gasteiger partial charge in [0, 0.05) is 17.8 Å². The molecule has 2 aromatic rings. The van der Waals surface area contributed by atoms with Crippen molar-refractivity contribution in [2.24, 2.45) is 5.92 Å². The van der Waals surface area contributed by atoms with Crippen molar-refractivity contribution in [1.82, 2.24) is 20.2 Å². The summed E-state index contributed by atoms with van der Waals surface area (Å²) in [5, 5.41) is 12.1. The molecule has 5 heteroatoms. The number of anilines is 1. The molecular formula is C14H19N5. The molecule has 1 aliphatic rings. The van der Waals surface area contributed by atoms with Crippen LogP contribution in [0.3, 0.4) is 0 Å². The van der Waals surface area contributed by atoms with Crippen LogP contribution in [0.1, 0.15) is 31.2 Å². The van der Waals surface area contributed by atoms with E-state index in [1.165, 1.54) is 25.7 Å². The molecule has 19 heavy (non-hydrogen) atoms. The van der Waals surface area contributed by atoms with Crippen LogP contribution in [0.5, 0.6) is 0 Å². The first-order chi connectivity index (χ1) is 9.25. The predicted octanol–water partition coefficient (Wildman–Crippen LogP) is 2.42. The van der Waals surface area contributed by atoms with E-state index in [1.807, 2.05) is 29.8 Å². The predicted molar refractivity (Wildman–Crippen MR) is 74.4 cm³/mol. The number of nitrogens with zero attached hydrogens (tertiary/aromatic N) is 4. The van der Waals surface area contributed by atoms with E-state index in [0.29, 0.717) is 0 Å². The average Bonchev–Trinajstić information content (AvgIpc) is 2.79. The largest absolute Gasteiger partial charge is 0.398 e.